The Kier molecular flexibility index (Phi) is 5.35. The van der Waals surface area contributed by atoms with E-state index in [2.05, 4.69) is 4.98 Å². The van der Waals surface area contributed by atoms with Gasteiger partial charge in [0.1, 0.15) is 17.7 Å². The number of carbonyl (C=O) groups is 2. The van der Waals surface area contributed by atoms with Crippen molar-refractivity contribution >= 4 is 34.3 Å². The molecule has 1 saturated heterocycles. The van der Waals surface area contributed by atoms with Crippen molar-refractivity contribution in [1.82, 2.24) is 14.3 Å². The van der Waals surface area contributed by atoms with Crippen LogP contribution < -0.4 is 15.4 Å². The van der Waals surface area contributed by atoms with Crippen LogP contribution in [-0.4, -0.2) is 52.0 Å². The van der Waals surface area contributed by atoms with Crippen LogP contribution >= 0.6 is 0 Å². The fourth-order valence-electron chi connectivity index (χ4n) is 4.53. The predicted octanol–water partition coefficient (Wildman–Crippen LogP) is 2.55. The second-order valence-electron chi connectivity index (χ2n) is 8.41. The van der Waals surface area contributed by atoms with Crippen molar-refractivity contribution in [2.45, 2.75) is 39.0 Å². The van der Waals surface area contributed by atoms with Gasteiger partial charge < -0.3 is 14.4 Å². The molecule has 1 atom stereocenters. The highest BCUT2D eigenvalue weighted by atomic mass is 19.1. The zero-order valence-corrected chi connectivity index (χ0v) is 18.2. The Morgan fingerprint density at radius 3 is 2.70 bits per heavy atom. The summed E-state index contributed by atoms with van der Waals surface area (Å²) in [4.78, 5) is 43.8. The number of halogens is 1. The molecule has 172 valence electrons. The fraction of sp³-hybridized carbons (Fsp3) is 0.391. The maximum atomic E-state index is 15.1. The Balaban J connectivity index is 1.33. The average molecular weight is 453 g/mol. The second kappa shape index (κ2) is 8.34. The van der Waals surface area contributed by atoms with Crippen molar-refractivity contribution in [1.29, 1.82) is 0 Å². The van der Waals surface area contributed by atoms with Gasteiger partial charge in [0.25, 0.3) is 5.56 Å². The third-order valence-corrected chi connectivity index (χ3v) is 6.23. The lowest BCUT2D eigenvalue weighted by molar-refractivity contribution is -0.117. The number of nitrogens with zero attached hydrogens (tertiary/aromatic N) is 5. The molecular formula is C23H24FN5O4. The van der Waals surface area contributed by atoms with Gasteiger partial charge in [-0.2, -0.15) is 0 Å². The molecule has 10 heteroatoms. The number of amides is 1. The highest BCUT2D eigenvalue weighted by Gasteiger charge is 2.33. The van der Waals surface area contributed by atoms with E-state index >= 15 is 4.39 Å². The Morgan fingerprint density at radius 1 is 1.15 bits per heavy atom. The van der Waals surface area contributed by atoms with Gasteiger partial charge in [0.05, 0.1) is 36.4 Å². The standard InChI is InChI=1S/C23H24FN5O4/c1-15(30)4-6-17-14-27(23(32)33-17)16-5-7-20(19(24)13-16)26-9-11-28-21-18(3-2-8-25-21)22(31)29(28)12-10-26/h2-3,5,7-8,13,17H,4,6,9-12,14H2,1H3/t17-/m0/s1. The number of hydrogen-bond donors (Lipinski definition) is 0. The number of Topliss-reactive ketones (excluding diaryl/α,β-unsaturated/α-hetero) is 1. The van der Waals surface area contributed by atoms with Gasteiger partial charge in [0.2, 0.25) is 0 Å². The summed E-state index contributed by atoms with van der Waals surface area (Å²) in [5, 5.41) is 0.584. The van der Waals surface area contributed by atoms with Crippen LogP contribution in [0.2, 0.25) is 0 Å². The van der Waals surface area contributed by atoms with Gasteiger partial charge in [-0.15, -0.1) is 0 Å². The molecule has 2 aliphatic rings. The number of cyclic esters (lactones) is 1. The smallest absolute Gasteiger partial charge is 0.414 e. The molecule has 33 heavy (non-hydrogen) atoms. The molecule has 0 saturated carbocycles. The number of hydrogen-bond acceptors (Lipinski definition) is 6. The first-order valence-corrected chi connectivity index (χ1v) is 11.0. The van der Waals surface area contributed by atoms with Gasteiger partial charge in [-0.1, -0.05) is 0 Å². The van der Waals surface area contributed by atoms with Crippen LogP contribution in [0.15, 0.2) is 41.3 Å². The van der Waals surface area contributed by atoms with Crippen molar-refractivity contribution in [3.05, 3.63) is 52.7 Å². The Morgan fingerprint density at radius 2 is 1.94 bits per heavy atom. The second-order valence-corrected chi connectivity index (χ2v) is 8.41. The van der Waals surface area contributed by atoms with Gasteiger partial charge in [-0.25, -0.2) is 18.9 Å². The summed E-state index contributed by atoms with van der Waals surface area (Å²) >= 11 is 0. The molecule has 0 spiro atoms. The summed E-state index contributed by atoms with van der Waals surface area (Å²) in [5.74, 6) is -0.412. The molecule has 0 bridgehead atoms. The van der Waals surface area contributed by atoms with E-state index in [0.717, 1.165) is 0 Å². The average Bonchev–Trinajstić information content (AvgIpc) is 3.20. The molecule has 1 aromatic carbocycles. The van der Waals surface area contributed by atoms with Gasteiger partial charge in [0.15, 0.2) is 5.65 Å². The molecule has 5 rings (SSSR count). The van der Waals surface area contributed by atoms with E-state index in [0.29, 0.717) is 61.4 Å². The van der Waals surface area contributed by atoms with Crippen LogP contribution in [0.5, 0.6) is 0 Å². The summed E-state index contributed by atoms with van der Waals surface area (Å²) in [6.45, 7) is 3.66. The number of ketones is 1. The van der Waals surface area contributed by atoms with Crippen molar-refractivity contribution in [2.24, 2.45) is 0 Å². The van der Waals surface area contributed by atoms with Crippen molar-refractivity contribution < 1.29 is 18.7 Å². The first kappa shape index (κ1) is 21.2. The van der Waals surface area contributed by atoms with Gasteiger partial charge in [0, 0.05) is 25.7 Å². The summed E-state index contributed by atoms with van der Waals surface area (Å²) in [7, 11) is 0. The maximum absolute atomic E-state index is 15.1. The highest BCUT2D eigenvalue weighted by molar-refractivity contribution is 5.90. The van der Waals surface area contributed by atoms with Crippen LogP contribution in [0.3, 0.4) is 0 Å². The van der Waals surface area contributed by atoms with Gasteiger partial charge in [-0.05, 0) is 43.7 Å². The van der Waals surface area contributed by atoms with E-state index in [9.17, 15) is 14.4 Å². The Hall–Kier alpha value is -3.69. The van der Waals surface area contributed by atoms with Gasteiger partial charge >= 0.3 is 6.09 Å². The summed E-state index contributed by atoms with van der Waals surface area (Å²) in [6, 6.07) is 8.19. The summed E-state index contributed by atoms with van der Waals surface area (Å²) in [5.41, 5.74) is 1.37. The largest absolute Gasteiger partial charge is 0.444 e. The maximum Gasteiger partial charge on any atom is 0.414 e. The number of fused-ring (bicyclic) bond motifs is 3. The third-order valence-electron chi connectivity index (χ3n) is 6.23. The lowest BCUT2D eigenvalue weighted by atomic mass is 10.1. The van der Waals surface area contributed by atoms with Gasteiger partial charge in [-0.3, -0.25) is 14.4 Å². The topological polar surface area (TPSA) is 89.7 Å². The molecule has 2 aliphatic heterocycles. The number of rotatable bonds is 5. The van der Waals surface area contributed by atoms with Crippen LogP contribution in [0, 0.1) is 5.82 Å². The lowest BCUT2D eigenvalue weighted by Crippen LogP contribution is -2.29. The van der Waals surface area contributed by atoms with E-state index in [1.165, 1.54) is 17.9 Å². The molecule has 1 fully saturated rings. The number of anilines is 2. The predicted molar refractivity (Wildman–Crippen MR) is 120 cm³/mol. The molecular weight excluding hydrogens is 429 g/mol. The minimum Gasteiger partial charge on any atom is -0.444 e. The van der Waals surface area contributed by atoms with Crippen molar-refractivity contribution in [2.75, 3.05) is 29.4 Å². The van der Waals surface area contributed by atoms with E-state index in [4.69, 9.17) is 4.74 Å². The Labute approximate surface area is 188 Å². The fourth-order valence-corrected chi connectivity index (χ4v) is 4.53. The molecule has 0 unspecified atom stereocenters. The van der Waals surface area contributed by atoms with Crippen LogP contribution in [-0.2, 0) is 22.6 Å². The van der Waals surface area contributed by atoms with Crippen LogP contribution in [0.25, 0.3) is 11.0 Å². The SMILES string of the molecule is CC(=O)CC[C@H]1CN(c2ccc(N3CCn4c(=O)c5cccnc5n4CC3)c(F)c2)C(=O)O1. The summed E-state index contributed by atoms with van der Waals surface area (Å²) in [6.07, 6.45) is 1.53. The molecule has 1 amide bonds. The molecule has 4 heterocycles. The number of carbonyl (C=O) groups excluding carboxylic acids is 2. The molecule has 0 radical (unpaired) electrons. The monoisotopic (exact) mass is 453 g/mol. The molecule has 0 N–H and O–H groups in total. The van der Waals surface area contributed by atoms with Crippen molar-refractivity contribution in [3.8, 4) is 0 Å². The lowest BCUT2D eigenvalue weighted by Gasteiger charge is -2.23. The highest BCUT2D eigenvalue weighted by Crippen LogP contribution is 2.29. The van der Waals surface area contributed by atoms with E-state index in [1.807, 2.05) is 9.58 Å². The number of pyridine rings is 1. The number of benzene rings is 1. The quantitative estimate of drug-likeness (QED) is 0.590. The zero-order valence-electron chi connectivity index (χ0n) is 18.2. The minimum absolute atomic E-state index is 0.0371. The first-order chi connectivity index (χ1) is 15.9. The van der Waals surface area contributed by atoms with Crippen molar-refractivity contribution in [3.63, 3.8) is 0 Å². The van der Waals surface area contributed by atoms with Crippen LogP contribution in [0.1, 0.15) is 19.8 Å². The normalized spacial score (nSPS) is 18.4. The van der Waals surface area contributed by atoms with E-state index < -0.39 is 11.9 Å². The summed E-state index contributed by atoms with van der Waals surface area (Å²) < 4.78 is 24.0. The zero-order chi connectivity index (χ0) is 23.1. The number of ether oxygens (including phenoxy) is 1. The minimum atomic E-state index is -0.538. The Bertz CT molecular complexity index is 1300. The molecule has 3 aromatic rings. The number of aromatic nitrogens is 3. The molecule has 9 nitrogen and oxygen atoms in total. The van der Waals surface area contributed by atoms with Crippen LogP contribution in [0.4, 0.5) is 20.6 Å². The molecule has 0 aliphatic carbocycles. The molecule has 2 aromatic heterocycles. The van der Waals surface area contributed by atoms with E-state index in [-0.39, 0.29) is 24.0 Å². The third kappa shape index (κ3) is 3.85. The van der Waals surface area contributed by atoms with E-state index in [1.54, 1.807) is 35.1 Å². The first-order valence-electron chi connectivity index (χ1n) is 11.0.